The summed E-state index contributed by atoms with van der Waals surface area (Å²) >= 11 is 1.73. The van der Waals surface area contributed by atoms with Gasteiger partial charge in [0.1, 0.15) is 5.82 Å². The highest BCUT2D eigenvalue weighted by atomic mass is 32.2. The molecule has 0 spiro atoms. The maximum atomic E-state index is 13.5. The van der Waals surface area contributed by atoms with Crippen molar-refractivity contribution in [2.75, 3.05) is 48.9 Å². The summed E-state index contributed by atoms with van der Waals surface area (Å²) < 4.78 is 13.5. The fraction of sp³-hybridized carbons (Fsp3) is 0.542. The number of rotatable bonds is 7. The van der Waals surface area contributed by atoms with Gasteiger partial charge in [0.25, 0.3) is 0 Å². The minimum atomic E-state index is -0.316. The van der Waals surface area contributed by atoms with Gasteiger partial charge in [-0.3, -0.25) is 9.69 Å². The number of carbonyl (C=O) groups excluding carboxylic acids is 1. The second-order valence-electron chi connectivity index (χ2n) is 8.95. The van der Waals surface area contributed by atoms with E-state index in [9.17, 15) is 9.18 Å². The Morgan fingerprint density at radius 2 is 1.91 bits per heavy atom. The minimum Gasteiger partial charge on any atom is -0.397 e. The van der Waals surface area contributed by atoms with E-state index >= 15 is 0 Å². The lowest BCUT2D eigenvalue weighted by molar-refractivity contribution is -0.138. The lowest BCUT2D eigenvalue weighted by Crippen LogP contribution is -2.49. The predicted octanol–water partition coefficient (Wildman–Crippen LogP) is 3.23. The van der Waals surface area contributed by atoms with E-state index in [1.54, 1.807) is 30.2 Å². The SMILES string of the molecule is CSCN(c1ccc(F)cc1N)C1CCN(C(=O)C2CCN(Cc3ccnnc3)CC2)CC1. The standard InChI is InChI=1S/C24H33FN6OS/c1-33-17-31(23-3-2-20(25)14-22(23)26)21-7-12-30(13-8-21)24(32)19-5-10-29(11-6-19)16-18-4-9-27-28-15-18/h2-4,9,14-15,19,21H,5-8,10-13,16-17,26H2,1H3. The average Bonchev–Trinajstić information content (AvgIpc) is 2.84. The third kappa shape index (κ3) is 5.95. The Hall–Kier alpha value is -2.39. The molecule has 0 radical (unpaired) electrons. The van der Waals surface area contributed by atoms with E-state index in [1.807, 2.05) is 6.07 Å². The number of nitrogens with two attached hydrogens (primary N) is 1. The molecule has 178 valence electrons. The van der Waals surface area contributed by atoms with Crippen LogP contribution < -0.4 is 10.6 Å². The summed E-state index contributed by atoms with van der Waals surface area (Å²) in [6.07, 6.45) is 9.20. The topological polar surface area (TPSA) is 78.6 Å². The minimum absolute atomic E-state index is 0.114. The first-order valence-electron chi connectivity index (χ1n) is 11.6. The van der Waals surface area contributed by atoms with E-state index in [1.165, 1.54) is 12.1 Å². The number of halogens is 1. The molecule has 4 rings (SSSR count). The third-order valence-electron chi connectivity index (χ3n) is 6.77. The van der Waals surface area contributed by atoms with Crippen LogP contribution in [0.5, 0.6) is 0 Å². The van der Waals surface area contributed by atoms with Crippen molar-refractivity contribution in [2.24, 2.45) is 5.92 Å². The van der Waals surface area contributed by atoms with Crippen LogP contribution in [0.4, 0.5) is 15.8 Å². The number of piperidine rings is 2. The van der Waals surface area contributed by atoms with Crippen LogP contribution in [-0.4, -0.2) is 70.3 Å². The molecule has 0 aliphatic carbocycles. The average molecular weight is 473 g/mol. The van der Waals surface area contributed by atoms with Gasteiger partial charge >= 0.3 is 0 Å². The molecule has 1 aromatic heterocycles. The van der Waals surface area contributed by atoms with Crippen LogP contribution in [0.3, 0.4) is 0 Å². The van der Waals surface area contributed by atoms with Gasteiger partial charge < -0.3 is 15.5 Å². The molecule has 2 aliphatic heterocycles. The van der Waals surface area contributed by atoms with Crippen molar-refractivity contribution >= 4 is 29.0 Å². The number of amides is 1. The van der Waals surface area contributed by atoms with Gasteiger partial charge in [0.05, 0.1) is 23.4 Å². The summed E-state index contributed by atoms with van der Waals surface area (Å²) in [6.45, 7) is 4.25. The summed E-state index contributed by atoms with van der Waals surface area (Å²) in [6, 6.07) is 6.92. The van der Waals surface area contributed by atoms with Gasteiger partial charge in [-0.05, 0) is 74.9 Å². The second-order valence-corrected chi connectivity index (χ2v) is 9.78. The molecular weight excluding hydrogens is 439 g/mol. The van der Waals surface area contributed by atoms with Crippen LogP contribution in [0.25, 0.3) is 0 Å². The molecule has 33 heavy (non-hydrogen) atoms. The van der Waals surface area contributed by atoms with Gasteiger partial charge in [-0.1, -0.05) is 0 Å². The number of carbonyl (C=O) groups is 1. The molecule has 9 heteroatoms. The van der Waals surface area contributed by atoms with Crippen molar-refractivity contribution in [3.05, 3.63) is 48.0 Å². The number of thioether (sulfide) groups is 1. The highest BCUT2D eigenvalue weighted by Gasteiger charge is 2.32. The van der Waals surface area contributed by atoms with Gasteiger partial charge in [0, 0.05) is 37.8 Å². The van der Waals surface area contributed by atoms with Crippen LogP contribution in [0, 0.1) is 11.7 Å². The van der Waals surface area contributed by atoms with Gasteiger partial charge in [-0.15, -0.1) is 11.8 Å². The fourth-order valence-electron chi connectivity index (χ4n) is 4.96. The maximum Gasteiger partial charge on any atom is 0.225 e. The van der Waals surface area contributed by atoms with Gasteiger partial charge in [-0.25, -0.2) is 4.39 Å². The van der Waals surface area contributed by atoms with E-state index in [2.05, 4.69) is 31.2 Å². The van der Waals surface area contributed by atoms with Crippen molar-refractivity contribution < 1.29 is 9.18 Å². The fourth-order valence-corrected chi connectivity index (χ4v) is 5.59. The Morgan fingerprint density at radius 1 is 1.15 bits per heavy atom. The molecule has 7 nitrogen and oxygen atoms in total. The first-order chi connectivity index (χ1) is 16.0. The number of anilines is 2. The Bertz CT molecular complexity index is 916. The van der Waals surface area contributed by atoms with Gasteiger partial charge in [-0.2, -0.15) is 10.2 Å². The van der Waals surface area contributed by atoms with Crippen LogP contribution in [-0.2, 0) is 11.3 Å². The first-order valence-corrected chi connectivity index (χ1v) is 13.0. The number of benzene rings is 1. The molecule has 3 heterocycles. The number of hydrogen-bond acceptors (Lipinski definition) is 7. The molecule has 0 unspecified atom stereocenters. The quantitative estimate of drug-likeness (QED) is 0.490. The maximum absolute atomic E-state index is 13.5. The van der Waals surface area contributed by atoms with E-state index in [0.717, 1.165) is 75.5 Å². The summed E-state index contributed by atoms with van der Waals surface area (Å²) in [5.74, 6) is 0.893. The molecule has 2 aliphatic rings. The normalized spacial score (nSPS) is 18.4. The van der Waals surface area contributed by atoms with Gasteiger partial charge in [0.15, 0.2) is 0 Å². The van der Waals surface area contributed by atoms with Gasteiger partial charge in [0.2, 0.25) is 5.91 Å². The number of likely N-dealkylation sites (tertiary alicyclic amines) is 2. The van der Waals surface area contributed by atoms with Crippen molar-refractivity contribution in [3.8, 4) is 0 Å². The molecule has 2 N–H and O–H groups in total. The predicted molar refractivity (Wildman–Crippen MR) is 131 cm³/mol. The molecule has 0 bridgehead atoms. The summed E-state index contributed by atoms with van der Waals surface area (Å²) in [5.41, 5.74) is 8.64. The van der Waals surface area contributed by atoms with Crippen molar-refractivity contribution in [1.29, 1.82) is 0 Å². The zero-order valence-electron chi connectivity index (χ0n) is 19.2. The third-order valence-corrected chi connectivity index (χ3v) is 7.31. The zero-order valence-corrected chi connectivity index (χ0v) is 20.0. The van der Waals surface area contributed by atoms with Crippen LogP contribution in [0.15, 0.2) is 36.7 Å². The van der Waals surface area contributed by atoms with Crippen molar-refractivity contribution in [1.82, 2.24) is 20.0 Å². The number of hydrogen-bond donors (Lipinski definition) is 1. The molecule has 2 aromatic rings. The Labute approximate surface area is 199 Å². The Morgan fingerprint density at radius 3 is 2.55 bits per heavy atom. The van der Waals surface area contributed by atoms with E-state index in [0.29, 0.717) is 17.6 Å². The molecule has 2 fully saturated rings. The number of nitrogen functional groups attached to an aromatic ring is 1. The van der Waals surface area contributed by atoms with Crippen LogP contribution in [0.1, 0.15) is 31.2 Å². The summed E-state index contributed by atoms with van der Waals surface area (Å²) in [7, 11) is 0. The second kappa shape index (κ2) is 11.2. The van der Waals surface area contributed by atoms with Crippen LogP contribution >= 0.6 is 11.8 Å². The molecule has 2 saturated heterocycles. The summed E-state index contributed by atoms with van der Waals surface area (Å²) in [5, 5.41) is 7.78. The summed E-state index contributed by atoms with van der Waals surface area (Å²) in [4.78, 5) is 19.9. The largest absolute Gasteiger partial charge is 0.397 e. The highest BCUT2D eigenvalue weighted by Crippen LogP contribution is 2.31. The van der Waals surface area contributed by atoms with Crippen LogP contribution in [0.2, 0.25) is 0 Å². The van der Waals surface area contributed by atoms with E-state index < -0.39 is 0 Å². The molecule has 0 atom stereocenters. The zero-order chi connectivity index (χ0) is 23.2. The van der Waals surface area contributed by atoms with E-state index in [4.69, 9.17) is 5.73 Å². The van der Waals surface area contributed by atoms with Crippen molar-refractivity contribution in [3.63, 3.8) is 0 Å². The first kappa shape index (κ1) is 23.8. The molecule has 0 saturated carbocycles. The smallest absolute Gasteiger partial charge is 0.225 e. The molecular formula is C24H33FN6OS. The molecule has 1 aromatic carbocycles. The lowest BCUT2D eigenvalue weighted by Gasteiger charge is -2.41. The Balaban J connectivity index is 1.28. The highest BCUT2D eigenvalue weighted by molar-refractivity contribution is 7.98. The van der Waals surface area contributed by atoms with Crippen molar-refractivity contribution in [2.45, 2.75) is 38.3 Å². The lowest BCUT2D eigenvalue weighted by atomic mass is 9.93. The number of nitrogens with zero attached hydrogens (tertiary/aromatic N) is 5. The molecule has 1 amide bonds. The van der Waals surface area contributed by atoms with E-state index in [-0.39, 0.29) is 11.7 Å². The monoisotopic (exact) mass is 472 g/mol. The Kier molecular flexibility index (Phi) is 8.03. The number of aromatic nitrogens is 2.